The van der Waals surface area contributed by atoms with Crippen LogP contribution >= 0.6 is 0 Å². The van der Waals surface area contributed by atoms with Crippen LogP contribution in [0.4, 0.5) is 10.5 Å². The summed E-state index contributed by atoms with van der Waals surface area (Å²) in [5, 5.41) is 42.3. The number of nitrogens with zero attached hydrogens (tertiary/aromatic N) is 1. The van der Waals surface area contributed by atoms with Gasteiger partial charge in [0.1, 0.15) is 29.0 Å². The number of imidazole rings is 1. The SMILES string of the molecule is C[C@@H](O)[C@H](Cc1ncc[nH]1)NC(=O)[C@H](Cc1ccccc1)NC(=O)CCCCCNC(=O)Nc1ccc(-c2c3ccc(=O)cc-3oc3cc(O)ccc23)c(C(=O)O)c1. The van der Waals surface area contributed by atoms with Crippen molar-refractivity contribution in [1.82, 2.24) is 25.9 Å². The van der Waals surface area contributed by atoms with Crippen molar-refractivity contribution in [2.45, 2.75) is 63.6 Å². The smallest absolute Gasteiger partial charge is 0.336 e. The van der Waals surface area contributed by atoms with Gasteiger partial charge < -0.3 is 46.0 Å². The van der Waals surface area contributed by atoms with Crippen molar-refractivity contribution < 1.29 is 38.9 Å². The Balaban J connectivity index is 1.01. The fourth-order valence-corrected chi connectivity index (χ4v) is 6.70. The summed E-state index contributed by atoms with van der Waals surface area (Å²) in [7, 11) is 0. The van der Waals surface area contributed by atoms with Gasteiger partial charge in [0.15, 0.2) is 5.43 Å². The lowest BCUT2D eigenvalue weighted by atomic mass is 9.90. The third-order valence-electron chi connectivity index (χ3n) is 9.63. The second-order valence-electron chi connectivity index (χ2n) is 14.0. The molecule has 2 aliphatic rings. The van der Waals surface area contributed by atoms with Crippen LogP contribution in [0, 0.1) is 0 Å². The number of hydrogen-bond acceptors (Lipinski definition) is 9. The molecule has 1 aliphatic heterocycles. The molecule has 8 N–H and O–H groups in total. The number of carbonyl (C=O) groups excluding carboxylic acids is 3. The second-order valence-corrected chi connectivity index (χ2v) is 14.0. The van der Waals surface area contributed by atoms with E-state index in [1.54, 1.807) is 43.6 Å². The van der Waals surface area contributed by atoms with Crippen molar-refractivity contribution in [2.75, 3.05) is 11.9 Å². The first-order chi connectivity index (χ1) is 27.9. The first-order valence-electron chi connectivity index (χ1n) is 18.9. The molecule has 300 valence electrons. The number of aromatic carboxylic acids is 1. The zero-order chi connectivity index (χ0) is 41.2. The molecule has 4 aromatic rings. The fourth-order valence-electron chi connectivity index (χ4n) is 6.70. The van der Waals surface area contributed by atoms with Gasteiger partial charge in [-0.15, -0.1) is 0 Å². The Kier molecular flexibility index (Phi) is 13.1. The van der Waals surface area contributed by atoms with Gasteiger partial charge in [-0.3, -0.25) is 14.4 Å². The number of aromatic amines is 1. The van der Waals surface area contributed by atoms with Crippen molar-refractivity contribution in [3.05, 3.63) is 124 Å². The Morgan fingerprint density at radius 2 is 1.67 bits per heavy atom. The minimum Gasteiger partial charge on any atom is -0.508 e. The minimum absolute atomic E-state index is 0.0651. The fraction of sp³-hybridized carbons (Fsp3) is 0.256. The third-order valence-corrected chi connectivity index (χ3v) is 9.63. The summed E-state index contributed by atoms with van der Waals surface area (Å²) in [6, 6.07) is 20.4. The molecule has 0 saturated heterocycles. The lowest BCUT2D eigenvalue weighted by Gasteiger charge is -2.25. The van der Waals surface area contributed by atoms with Crippen LogP contribution < -0.4 is 26.7 Å². The zero-order valence-corrected chi connectivity index (χ0v) is 31.7. The van der Waals surface area contributed by atoms with E-state index in [1.165, 1.54) is 30.3 Å². The number of carboxylic acid groups (broad SMARTS) is 1. The van der Waals surface area contributed by atoms with E-state index in [2.05, 4.69) is 31.2 Å². The molecule has 4 amide bonds. The average molecular weight is 789 g/mol. The van der Waals surface area contributed by atoms with E-state index in [0.717, 1.165) is 5.56 Å². The van der Waals surface area contributed by atoms with Crippen LogP contribution in [0.2, 0.25) is 0 Å². The Hall–Kier alpha value is -7.00. The Labute approximate surface area is 332 Å². The number of benzene rings is 4. The number of urea groups is 1. The summed E-state index contributed by atoms with van der Waals surface area (Å²) < 4.78 is 5.88. The number of phenolic OH excluding ortho intramolecular Hbond substituents is 1. The van der Waals surface area contributed by atoms with Crippen molar-refractivity contribution in [1.29, 1.82) is 0 Å². The van der Waals surface area contributed by atoms with Gasteiger partial charge in [0.05, 0.1) is 17.7 Å². The number of rotatable bonds is 17. The molecule has 3 atom stereocenters. The number of nitrogens with one attached hydrogen (secondary N) is 5. The highest BCUT2D eigenvalue weighted by atomic mass is 16.4. The highest BCUT2D eigenvalue weighted by molar-refractivity contribution is 6.08. The number of aromatic nitrogens is 2. The summed E-state index contributed by atoms with van der Waals surface area (Å²) in [5.41, 5.74) is 2.24. The molecule has 0 radical (unpaired) electrons. The lowest BCUT2D eigenvalue weighted by Crippen LogP contribution is -2.53. The number of aromatic hydroxyl groups is 1. The number of unbranched alkanes of at least 4 members (excludes halogenated alkanes) is 2. The van der Waals surface area contributed by atoms with Crippen LogP contribution in [-0.2, 0) is 22.4 Å². The molecule has 1 aliphatic carbocycles. The molecule has 0 saturated carbocycles. The highest BCUT2D eigenvalue weighted by Crippen LogP contribution is 2.42. The molecule has 0 unspecified atom stereocenters. The Bertz CT molecular complexity index is 2410. The highest BCUT2D eigenvalue weighted by Gasteiger charge is 2.27. The normalized spacial score (nSPS) is 12.7. The molecule has 2 heterocycles. The summed E-state index contributed by atoms with van der Waals surface area (Å²) in [6.07, 6.45) is 4.73. The minimum atomic E-state index is -1.24. The number of amides is 4. The van der Waals surface area contributed by atoms with E-state index in [0.29, 0.717) is 47.2 Å². The van der Waals surface area contributed by atoms with Crippen molar-refractivity contribution in [3.63, 3.8) is 0 Å². The van der Waals surface area contributed by atoms with Crippen LogP contribution in [-0.4, -0.2) is 73.8 Å². The van der Waals surface area contributed by atoms with Gasteiger partial charge in [0.2, 0.25) is 11.8 Å². The van der Waals surface area contributed by atoms with Gasteiger partial charge in [-0.05, 0) is 67.3 Å². The number of carbonyl (C=O) groups is 4. The second kappa shape index (κ2) is 18.8. The molecule has 0 bridgehead atoms. The van der Waals surface area contributed by atoms with Gasteiger partial charge >= 0.3 is 12.0 Å². The number of fused-ring (bicyclic) bond motifs is 2. The van der Waals surface area contributed by atoms with Crippen LogP contribution in [0.25, 0.3) is 33.4 Å². The largest absolute Gasteiger partial charge is 0.508 e. The maximum absolute atomic E-state index is 13.4. The van der Waals surface area contributed by atoms with Crippen molar-refractivity contribution in [2.24, 2.45) is 0 Å². The van der Waals surface area contributed by atoms with Crippen molar-refractivity contribution >= 4 is 40.5 Å². The first kappa shape index (κ1) is 40.7. The van der Waals surface area contributed by atoms with E-state index in [4.69, 9.17) is 4.42 Å². The van der Waals surface area contributed by atoms with Crippen LogP contribution in [0.5, 0.6) is 5.75 Å². The predicted molar refractivity (Wildman–Crippen MR) is 217 cm³/mol. The quantitative estimate of drug-likeness (QED) is 0.0444. The number of aliphatic hydroxyl groups is 1. The summed E-state index contributed by atoms with van der Waals surface area (Å²) in [5.74, 6) is -1.21. The number of phenols is 1. The molecular weight excluding hydrogens is 745 g/mol. The average Bonchev–Trinajstić information content (AvgIpc) is 3.71. The molecular formula is C43H44N6O9. The first-order valence-corrected chi connectivity index (χ1v) is 18.9. The third kappa shape index (κ3) is 10.4. The van der Waals surface area contributed by atoms with E-state index in [-0.39, 0.29) is 65.5 Å². The summed E-state index contributed by atoms with van der Waals surface area (Å²) in [6.45, 7) is 1.87. The zero-order valence-electron chi connectivity index (χ0n) is 31.7. The van der Waals surface area contributed by atoms with E-state index >= 15 is 0 Å². The molecule has 3 aromatic carbocycles. The number of carboxylic acids is 1. The lowest BCUT2D eigenvalue weighted by molar-refractivity contribution is -0.130. The maximum Gasteiger partial charge on any atom is 0.336 e. The molecule has 58 heavy (non-hydrogen) atoms. The van der Waals surface area contributed by atoms with Crippen LogP contribution in [0.1, 0.15) is 54.4 Å². The predicted octanol–water partition coefficient (Wildman–Crippen LogP) is 5.21. The standard InChI is InChI=1S/C43H44N6O9/c1-25(50)34(24-38-44-18-19-45-38)49-41(54)35(20-26-8-4-2-5-9-26)48-39(53)10-6-3-7-17-46-43(57)47-27-11-14-30(33(21-27)42(55)56)40-31-15-12-28(51)22-36(31)58-37-23-29(52)13-16-32(37)40/h2,4-5,8-9,11-16,18-19,21-23,25,34-35,50-51H,3,6-7,10,17,20,24H2,1H3,(H,44,45)(H,48,53)(H,49,54)(H,55,56)(H2,46,47,57)/t25-,34+,35+/m1/s1. The molecule has 0 spiro atoms. The summed E-state index contributed by atoms with van der Waals surface area (Å²) in [4.78, 5) is 71.0. The van der Waals surface area contributed by atoms with Crippen molar-refractivity contribution in [3.8, 4) is 28.2 Å². The maximum atomic E-state index is 13.4. The van der Waals surface area contributed by atoms with Gasteiger partial charge in [-0.2, -0.15) is 0 Å². The van der Waals surface area contributed by atoms with Gasteiger partial charge in [0.25, 0.3) is 0 Å². The van der Waals surface area contributed by atoms with Crippen LogP contribution in [0.15, 0.2) is 107 Å². The topological polar surface area (TPSA) is 236 Å². The number of aliphatic hydroxyl groups excluding tert-OH is 1. The van der Waals surface area contributed by atoms with Gasteiger partial charge in [-0.1, -0.05) is 42.8 Å². The molecule has 6 rings (SSSR count). The molecule has 15 nitrogen and oxygen atoms in total. The van der Waals surface area contributed by atoms with Gasteiger partial charge in [0, 0.05) is 72.5 Å². The molecule has 15 heteroatoms. The number of H-pyrrole nitrogens is 1. The molecule has 1 aromatic heterocycles. The summed E-state index contributed by atoms with van der Waals surface area (Å²) >= 11 is 0. The number of hydrogen-bond donors (Lipinski definition) is 8. The number of anilines is 1. The van der Waals surface area contributed by atoms with Crippen LogP contribution in [0.3, 0.4) is 0 Å². The van der Waals surface area contributed by atoms with E-state index in [1.807, 2.05) is 30.3 Å². The Morgan fingerprint density at radius 1 is 0.879 bits per heavy atom. The molecule has 0 fully saturated rings. The monoisotopic (exact) mass is 788 g/mol. The van der Waals surface area contributed by atoms with E-state index in [9.17, 15) is 39.3 Å². The Morgan fingerprint density at radius 3 is 2.41 bits per heavy atom. The van der Waals surface area contributed by atoms with Gasteiger partial charge in [-0.25, -0.2) is 14.6 Å². The van der Waals surface area contributed by atoms with E-state index < -0.39 is 36.1 Å².